The van der Waals surface area contributed by atoms with Crippen LogP contribution in [0, 0.1) is 6.92 Å². The van der Waals surface area contributed by atoms with Gasteiger partial charge in [0.15, 0.2) is 0 Å². The van der Waals surface area contributed by atoms with Gasteiger partial charge in [0.2, 0.25) is 0 Å². The van der Waals surface area contributed by atoms with E-state index in [-0.39, 0.29) is 0 Å². The van der Waals surface area contributed by atoms with Crippen LogP contribution in [-0.4, -0.2) is 4.98 Å². The molecule has 1 aromatic heterocycles. The molecule has 1 heteroatoms. The lowest BCUT2D eigenvalue weighted by atomic mass is 10.0. The summed E-state index contributed by atoms with van der Waals surface area (Å²) in [6.07, 6.45) is 7.90. The van der Waals surface area contributed by atoms with Gasteiger partial charge in [-0.1, -0.05) is 62.9 Å². The van der Waals surface area contributed by atoms with Crippen LogP contribution in [-0.2, 0) is 0 Å². The highest BCUT2D eigenvalue weighted by Gasteiger charge is 2.05. The third kappa shape index (κ3) is 3.67. The number of hydrogen-bond donors (Lipinski definition) is 0. The Balaban J connectivity index is 0.000000956. The van der Waals surface area contributed by atoms with Gasteiger partial charge in [0.05, 0.1) is 11.2 Å². The summed E-state index contributed by atoms with van der Waals surface area (Å²) in [7, 11) is 0. The number of aryl methyl sites for hydroxylation is 1. The van der Waals surface area contributed by atoms with Gasteiger partial charge in [0.1, 0.15) is 0 Å². The average Bonchev–Trinajstić information content (AvgIpc) is 2.50. The Morgan fingerprint density at radius 3 is 2.55 bits per heavy atom. The van der Waals surface area contributed by atoms with Crippen LogP contribution in [0.25, 0.3) is 16.5 Å². The molecular weight excluding hydrogens is 242 g/mol. The van der Waals surface area contributed by atoms with Crippen LogP contribution in [0.1, 0.15) is 32.0 Å². The fourth-order valence-corrected chi connectivity index (χ4v) is 1.96. The maximum Gasteiger partial charge on any atom is 0.0738 e. The van der Waals surface area contributed by atoms with E-state index in [4.69, 9.17) is 4.98 Å². The summed E-state index contributed by atoms with van der Waals surface area (Å²) in [5.41, 5.74) is 4.24. The fraction of sp³-hybridized carbons (Fsp3) is 0.211. The molecule has 2 aromatic rings. The number of nitrogens with zero attached hydrogens (tertiary/aromatic N) is 1. The van der Waals surface area contributed by atoms with Crippen LogP contribution in [0.2, 0.25) is 0 Å². The molecule has 0 radical (unpaired) electrons. The first-order valence-electron chi connectivity index (χ1n) is 7.08. The van der Waals surface area contributed by atoms with Crippen LogP contribution in [0.5, 0.6) is 0 Å². The minimum absolute atomic E-state index is 1.00. The molecule has 1 aromatic carbocycles. The first kappa shape index (κ1) is 15.9. The maximum absolute atomic E-state index is 4.73. The lowest BCUT2D eigenvalue weighted by molar-refractivity contribution is 1.28. The minimum Gasteiger partial charge on any atom is -0.248 e. The summed E-state index contributed by atoms with van der Waals surface area (Å²) in [6, 6.07) is 10.3. The summed E-state index contributed by atoms with van der Waals surface area (Å²) in [5, 5.41) is 1.17. The van der Waals surface area contributed by atoms with Crippen molar-refractivity contribution in [1.29, 1.82) is 0 Å². The van der Waals surface area contributed by atoms with Crippen molar-refractivity contribution in [2.45, 2.75) is 27.7 Å². The number of pyridine rings is 1. The Hall–Kier alpha value is -2.15. The molecule has 0 aliphatic rings. The van der Waals surface area contributed by atoms with Crippen molar-refractivity contribution in [2.75, 3.05) is 0 Å². The third-order valence-corrected chi connectivity index (χ3v) is 2.88. The SMILES string of the molecule is C=C/C(=C\C=C/C)c1nc2ccccc2cc1C.CC. The molecule has 2 rings (SSSR count). The van der Waals surface area contributed by atoms with Gasteiger partial charge in [-0.2, -0.15) is 0 Å². The normalized spacial score (nSPS) is 11.3. The molecular formula is C19H23N. The monoisotopic (exact) mass is 265 g/mol. The summed E-state index contributed by atoms with van der Waals surface area (Å²) < 4.78 is 0. The summed E-state index contributed by atoms with van der Waals surface area (Å²) in [6.45, 7) is 12.0. The molecule has 0 aliphatic heterocycles. The smallest absolute Gasteiger partial charge is 0.0738 e. The molecule has 0 atom stereocenters. The second-order valence-corrected chi connectivity index (χ2v) is 4.20. The average molecular weight is 265 g/mol. The number of benzene rings is 1. The second kappa shape index (κ2) is 8.11. The molecule has 0 amide bonds. The van der Waals surface area contributed by atoms with Crippen LogP contribution in [0.4, 0.5) is 0 Å². The Bertz CT molecular complexity index is 633. The number of para-hydroxylation sites is 1. The zero-order valence-electron chi connectivity index (χ0n) is 12.9. The van der Waals surface area contributed by atoms with Crippen molar-refractivity contribution in [3.05, 3.63) is 72.5 Å². The van der Waals surface area contributed by atoms with Gasteiger partial charge in [-0.05, 0) is 37.1 Å². The van der Waals surface area contributed by atoms with Crippen molar-refractivity contribution in [1.82, 2.24) is 4.98 Å². The Kier molecular flexibility index (Phi) is 6.45. The summed E-state index contributed by atoms with van der Waals surface area (Å²) in [5.74, 6) is 0. The van der Waals surface area contributed by atoms with Crippen LogP contribution >= 0.6 is 0 Å². The first-order valence-corrected chi connectivity index (χ1v) is 7.08. The summed E-state index contributed by atoms with van der Waals surface area (Å²) in [4.78, 5) is 4.73. The number of aromatic nitrogens is 1. The van der Waals surface area contributed by atoms with Crippen molar-refractivity contribution >= 4 is 16.5 Å². The molecule has 0 unspecified atom stereocenters. The van der Waals surface area contributed by atoms with E-state index in [2.05, 4.69) is 25.6 Å². The highest BCUT2D eigenvalue weighted by Crippen LogP contribution is 2.22. The van der Waals surface area contributed by atoms with Gasteiger partial charge in [0, 0.05) is 5.39 Å². The van der Waals surface area contributed by atoms with Gasteiger partial charge in [-0.25, -0.2) is 4.98 Å². The van der Waals surface area contributed by atoms with Crippen LogP contribution < -0.4 is 0 Å². The van der Waals surface area contributed by atoms with E-state index >= 15 is 0 Å². The maximum atomic E-state index is 4.73. The molecule has 1 heterocycles. The van der Waals surface area contributed by atoms with Gasteiger partial charge in [0.25, 0.3) is 0 Å². The van der Waals surface area contributed by atoms with E-state index in [1.165, 1.54) is 10.9 Å². The van der Waals surface area contributed by atoms with Gasteiger partial charge in [-0.15, -0.1) is 0 Å². The van der Waals surface area contributed by atoms with Gasteiger partial charge < -0.3 is 0 Å². The first-order chi connectivity index (χ1) is 9.76. The molecule has 1 nitrogen and oxygen atoms in total. The van der Waals surface area contributed by atoms with E-state index in [1.54, 1.807) is 0 Å². The lowest BCUT2D eigenvalue weighted by Gasteiger charge is -2.07. The van der Waals surface area contributed by atoms with E-state index < -0.39 is 0 Å². The number of allylic oxidation sites excluding steroid dienone is 5. The quantitative estimate of drug-likeness (QED) is 0.647. The topological polar surface area (TPSA) is 12.9 Å². The zero-order valence-corrected chi connectivity index (χ0v) is 12.9. The Morgan fingerprint density at radius 1 is 1.20 bits per heavy atom. The molecule has 0 aliphatic carbocycles. The van der Waals surface area contributed by atoms with Crippen LogP contribution in [0.3, 0.4) is 0 Å². The fourth-order valence-electron chi connectivity index (χ4n) is 1.96. The molecule has 0 spiro atoms. The number of fused-ring (bicyclic) bond motifs is 1. The molecule has 0 fully saturated rings. The van der Waals surface area contributed by atoms with E-state index in [9.17, 15) is 0 Å². The largest absolute Gasteiger partial charge is 0.248 e. The third-order valence-electron chi connectivity index (χ3n) is 2.88. The van der Waals surface area contributed by atoms with Gasteiger partial charge >= 0.3 is 0 Å². The minimum atomic E-state index is 1.00. The highest BCUT2D eigenvalue weighted by atomic mass is 14.7. The van der Waals surface area contributed by atoms with Crippen molar-refractivity contribution in [3.63, 3.8) is 0 Å². The van der Waals surface area contributed by atoms with E-state index in [1.807, 2.05) is 63.3 Å². The van der Waals surface area contributed by atoms with Crippen molar-refractivity contribution in [3.8, 4) is 0 Å². The highest BCUT2D eigenvalue weighted by molar-refractivity contribution is 5.84. The zero-order chi connectivity index (χ0) is 15.0. The number of hydrogen-bond acceptors (Lipinski definition) is 1. The Morgan fingerprint density at radius 2 is 1.90 bits per heavy atom. The van der Waals surface area contributed by atoms with Crippen LogP contribution in [0.15, 0.2) is 61.2 Å². The van der Waals surface area contributed by atoms with Crippen molar-refractivity contribution < 1.29 is 0 Å². The lowest BCUT2D eigenvalue weighted by Crippen LogP contribution is -1.93. The molecule has 20 heavy (non-hydrogen) atoms. The second-order valence-electron chi connectivity index (χ2n) is 4.20. The van der Waals surface area contributed by atoms with E-state index in [0.717, 1.165) is 16.8 Å². The summed E-state index contributed by atoms with van der Waals surface area (Å²) >= 11 is 0. The molecule has 104 valence electrons. The molecule has 0 saturated heterocycles. The number of rotatable bonds is 3. The predicted molar refractivity (Wildman–Crippen MR) is 90.8 cm³/mol. The van der Waals surface area contributed by atoms with E-state index in [0.29, 0.717) is 0 Å². The van der Waals surface area contributed by atoms with Gasteiger partial charge in [-0.3, -0.25) is 0 Å². The standard InChI is InChI=1S/C17H17N.C2H6/c1-4-6-9-14(5-2)17-13(3)12-15-10-7-8-11-16(15)18-17;1-2/h4-12H,2H2,1,3H3;1-2H3/b6-4-,14-9+;. The molecule has 0 N–H and O–H groups in total. The Labute approximate surface area is 122 Å². The molecule has 0 bridgehead atoms. The van der Waals surface area contributed by atoms with Crippen molar-refractivity contribution in [2.24, 2.45) is 0 Å². The molecule has 0 saturated carbocycles. The predicted octanol–water partition coefficient (Wildman–Crippen LogP) is 5.71.